The number of rotatable bonds is 10. The van der Waals surface area contributed by atoms with Crippen molar-refractivity contribution < 1.29 is 13.9 Å². The van der Waals surface area contributed by atoms with Gasteiger partial charge in [0.2, 0.25) is 0 Å². The molecule has 3 heteroatoms. The third-order valence-corrected chi connectivity index (χ3v) is 2.80. The Labute approximate surface area is 97.6 Å². The van der Waals surface area contributed by atoms with Crippen LogP contribution in [0.4, 0.5) is 8.78 Å². The summed E-state index contributed by atoms with van der Waals surface area (Å²) in [6, 6.07) is 0. The van der Waals surface area contributed by atoms with Gasteiger partial charge in [0.25, 0.3) is 5.92 Å². The number of hydrogen-bond donors (Lipinski definition) is 1. The van der Waals surface area contributed by atoms with Crippen molar-refractivity contribution in [2.75, 3.05) is 0 Å². The van der Waals surface area contributed by atoms with Gasteiger partial charge in [-0.1, -0.05) is 58.4 Å². The molecule has 0 aliphatic rings. The minimum atomic E-state index is -3.14. The van der Waals surface area contributed by atoms with Gasteiger partial charge in [0, 0.05) is 0 Å². The summed E-state index contributed by atoms with van der Waals surface area (Å²) < 4.78 is 25.7. The summed E-state index contributed by atoms with van der Waals surface area (Å²) in [5, 5.41) is 9.20. The molecule has 1 nitrogen and oxygen atoms in total. The van der Waals surface area contributed by atoms with E-state index in [1.54, 1.807) is 0 Å². The van der Waals surface area contributed by atoms with Gasteiger partial charge in [0.1, 0.15) is 6.10 Å². The van der Waals surface area contributed by atoms with Crippen LogP contribution >= 0.6 is 0 Å². The highest BCUT2D eigenvalue weighted by atomic mass is 19.3. The maximum atomic E-state index is 12.9. The molecule has 0 unspecified atom stereocenters. The monoisotopic (exact) mass is 234 g/mol. The van der Waals surface area contributed by atoms with Gasteiger partial charge < -0.3 is 5.11 Å². The maximum absolute atomic E-state index is 12.9. The van der Waals surface area contributed by atoms with Crippen molar-refractivity contribution in [2.45, 2.75) is 70.3 Å². The van der Waals surface area contributed by atoms with Crippen LogP contribution in [0.1, 0.15) is 58.3 Å². The smallest absolute Gasteiger partial charge is 0.291 e. The zero-order chi connectivity index (χ0) is 12.4. The van der Waals surface area contributed by atoms with Crippen molar-refractivity contribution in [1.29, 1.82) is 0 Å². The van der Waals surface area contributed by atoms with E-state index in [1.165, 1.54) is 25.7 Å². The molecule has 0 aliphatic carbocycles. The predicted molar refractivity (Wildman–Crippen MR) is 63.8 cm³/mol. The highest BCUT2D eigenvalue weighted by Crippen LogP contribution is 2.23. The number of aliphatic hydroxyl groups excluding tert-OH is 1. The van der Waals surface area contributed by atoms with Crippen molar-refractivity contribution in [2.24, 2.45) is 0 Å². The summed E-state index contributed by atoms with van der Waals surface area (Å²) in [4.78, 5) is 0. The van der Waals surface area contributed by atoms with Crippen LogP contribution in [0.3, 0.4) is 0 Å². The first-order chi connectivity index (χ1) is 7.54. The molecule has 96 valence electrons. The van der Waals surface area contributed by atoms with E-state index in [0.29, 0.717) is 12.5 Å². The van der Waals surface area contributed by atoms with E-state index in [-0.39, 0.29) is 6.42 Å². The Kier molecular flexibility index (Phi) is 8.44. The molecule has 0 spiro atoms. The Hall–Kier alpha value is -0.440. The molecule has 0 aromatic rings. The van der Waals surface area contributed by atoms with E-state index >= 15 is 0 Å². The Morgan fingerprint density at radius 3 is 2.12 bits per heavy atom. The highest BCUT2D eigenvalue weighted by Gasteiger charge is 2.33. The SMILES string of the molecule is C=CC(F)(F)[C@@H](O)CCCCCCCCC. The molecule has 0 saturated carbocycles. The van der Waals surface area contributed by atoms with Gasteiger partial charge in [-0.25, -0.2) is 0 Å². The summed E-state index contributed by atoms with van der Waals surface area (Å²) in [6.45, 7) is 5.18. The van der Waals surface area contributed by atoms with Crippen molar-refractivity contribution in [1.82, 2.24) is 0 Å². The minimum Gasteiger partial charge on any atom is -0.386 e. The third-order valence-electron chi connectivity index (χ3n) is 2.80. The first-order valence-corrected chi connectivity index (χ1v) is 6.24. The summed E-state index contributed by atoms with van der Waals surface area (Å²) in [7, 11) is 0. The first kappa shape index (κ1) is 15.6. The lowest BCUT2D eigenvalue weighted by molar-refractivity contribution is -0.0730. The molecular formula is C13H24F2O. The molecule has 1 atom stereocenters. The van der Waals surface area contributed by atoms with Crippen LogP contribution in [0.2, 0.25) is 0 Å². The zero-order valence-electron chi connectivity index (χ0n) is 10.2. The van der Waals surface area contributed by atoms with E-state index in [1.807, 2.05) is 0 Å². The molecule has 0 aromatic heterocycles. The molecule has 0 amide bonds. The number of hydrogen-bond acceptors (Lipinski definition) is 1. The summed E-state index contributed by atoms with van der Waals surface area (Å²) in [5.74, 6) is -3.14. The Balaban J connectivity index is 3.41. The third kappa shape index (κ3) is 6.94. The fraction of sp³-hybridized carbons (Fsp3) is 0.846. The Bertz CT molecular complexity index is 181. The van der Waals surface area contributed by atoms with E-state index in [0.717, 1.165) is 12.8 Å². The molecular weight excluding hydrogens is 210 g/mol. The van der Waals surface area contributed by atoms with Gasteiger partial charge >= 0.3 is 0 Å². The lowest BCUT2D eigenvalue weighted by Gasteiger charge is -2.18. The van der Waals surface area contributed by atoms with Crippen molar-refractivity contribution in [3.63, 3.8) is 0 Å². The van der Waals surface area contributed by atoms with Crippen LogP contribution < -0.4 is 0 Å². The standard InChI is InChI=1S/C13H24F2O/c1-3-5-6-7-8-9-10-11-12(16)13(14,15)4-2/h4,12,16H,2-3,5-11H2,1H3/t12-/m0/s1. The Morgan fingerprint density at radius 2 is 1.62 bits per heavy atom. The zero-order valence-corrected chi connectivity index (χ0v) is 10.2. The van der Waals surface area contributed by atoms with Crippen LogP contribution in [0.15, 0.2) is 12.7 Å². The van der Waals surface area contributed by atoms with Crippen molar-refractivity contribution in [3.8, 4) is 0 Å². The minimum absolute atomic E-state index is 0.160. The molecule has 0 radical (unpaired) electrons. The second kappa shape index (κ2) is 8.68. The summed E-state index contributed by atoms with van der Waals surface area (Å²) >= 11 is 0. The lowest BCUT2D eigenvalue weighted by atomic mass is 10.0. The number of aliphatic hydroxyl groups is 1. The second-order valence-corrected chi connectivity index (χ2v) is 4.30. The molecule has 0 rings (SSSR count). The molecule has 1 N–H and O–H groups in total. The normalized spacial score (nSPS) is 13.8. The fourth-order valence-corrected chi connectivity index (χ4v) is 1.62. The first-order valence-electron chi connectivity index (χ1n) is 6.24. The lowest BCUT2D eigenvalue weighted by Crippen LogP contribution is -2.30. The maximum Gasteiger partial charge on any atom is 0.291 e. The Morgan fingerprint density at radius 1 is 1.12 bits per heavy atom. The quantitative estimate of drug-likeness (QED) is 0.441. The van der Waals surface area contributed by atoms with Crippen LogP contribution in [0, 0.1) is 0 Å². The van der Waals surface area contributed by atoms with Gasteiger partial charge in [-0.3, -0.25) is 0 Å². The number of unbranched alkanes of at least 4 members (excludes halogenated alkanes) is 6. The largest absolute Gasteiger partial charge is 0.386 e. The van der Waals surface area contributed by atoms with E-state index in [9.17, 15) is 13.9 Å². The second-order valence-electron chi connectivity index (χ2n) is 4.30. The van der Waals surface area contributed by atoms with Crippen molar-refractivity contribution in [3.05, 3.63) is 12.7 Å². The summed E-state index contributed by atoms with van der Waals surface area (Å²) in [5.41, 5.74) is 0. The van der Waals surface area contributed by atoms with Crippen LogP contribution in [-0.4, -0.2) is 17.1 Å². The van der Waals surface area contributed by atoms with E-state index in [2.05, 4.69) is 13.5 Å². The van der Waals surface area contributed by atoms with Gasteiger partial charge in [0.15, 0.2) is 0 Å². The van der Waals surface area contributed by atoms with E-state index < -0.39 is 12.0 Å². The topological polar surface area (TPSA) is 20.2 Å². The van der Waals surface area contributed by atoms with Gasteiger partial charge in [-0.2, -0.15) is 8.78 Å². The van der Waals surface area contributed by atoms with Crippen LogP contribution in [0.5, 0.6) is 0 Å². The van der Waals surface area contributed by atoms with Gasteiger partial charge in [-0.15, -0.1) is 0 Å². The number of alkyl halides is 2. The molecule has 0 aromatic carbocycles. The molecule has 0 saturated heterocycles. The van der Waals surface area contributed by atoms with Crippen LogP contribution in [0.25, 0.3) is 0 Å². The van der Waals surface area contributed by atoms with Crippen LogP contribution in [-0.2, 0) is 0 Å². The average molecular weight is 234 g/mol. The van der Waals surface area contributed by atoms with Gasteiger partial charge in [-0.05, 0) is 12.5 Å². The molecule has 0 aliphatic heterocycles. The number of halogens is 2. The fourth-order valence-electron chi connectivity index (χ4n) is 1.62. The average Bonchev–Trinajstić information content (AvgIpc) is 2.27. The van der Waals surface area contributed by atoms with Gasteiger partial charge in [0.05, 0.1) is 0 Å². The van der Waals surface area contributed by atoms with E-state index in [4.69, 9.17) is 0 Å². The predicted octanol–water partition coefficient (Wildman–Crippen LogP) is 4.31. The highest BCUT2D eigenvalue weighted by molar-refractivity contribution is 4.92. The van der Waals surface area contributed by atoms with Crippen molar-refractivity contribution >= 4 is 0 Å². The molecule has 16 heavy (non-hydrogen) atoms. The molecule has 0 heterocycles. The molecule has 0 fully saturated rings. The molecule has 0 bridgehead atoms. The summed E-state index contributed by atoms with van der Waals surface area (Å²) in [6.07, 6.45) is 6.63.